The van der Waals surface area contributed by atoms with Gasteiger partial charge in [-0.15, -0.1) is 11.6 Å². The van der Waals surface area contributed by atoms with Crippen LogP contribution in [0.15, 0.2) is 36.4 Å². The second kappa shape index (κ2) is 6.76. The van der Waals surface area contributed by atoms with Crippen molar-refractivity contribution < 1.29 is 0 Å². The summed E-state index contributed by atoms with van der Waals surface area (Å²) < 4.78 is 0. The van der Waals surface area contributed by atoms with E-state index in [0.717, 1.165) is 30.0 Å². The lowest BCUT2D eigenvalue weighted by atomic mass is 10.2. The Hall–Kier alpha value is -1.54. The van der Waals surface area contributed by atoms with Gasteiger partial charge in [0.2, 0.25) is 0 Å². The molecule has 0 aliphatic heterocycles. The molecule has 0 N–H and O–H groups in total. The molecule has 2 nitrogen and oxygen atoms in total. The molecular formula is C17H21ClN2. The van der Waals surface area contributed by atoms with E-state index in [-0.39, 0.29) is 0 Å². The predicted molar refractivity (Wildman–Crippen MR) is 87.0 cm³/mol. The van der Waals surface area contributed by atoms with Crippen LogP contribution in [0.3, 0.4) is 0 Å². The first kappa shape index (κ1) is 14.9. The van der Waals surface area contributed by atoms with Crippen LogP contribution in [0.25, 0.3) is 0 Å². The fourth-order valence-corrected chi connectivity index (χ4v) is 2.39. The molecule has 0 fully saturated rings. The quantitative estimate of drug-likeness (QED) is 0.731. The summed E-state index contributed by atoms with van der Waals surface area (Å²) in [4.78, 5) is 6.95. The smallest absolute Gasteiger partial charge is 0.133 e. The van der Waals surface area contributed by atoms with Gasteiger partial charge in [-0.2, -0.15) is 0 Å². The highest BCUT2D eigenvalue weighted by atomic mass is 35.5. The van der Waals surface area contributed by atoms with E-state index in [9.17, 15) is 0 Å². The van der Waals surface area contributed by atoms with Gasteiger partial charge >= 0.3 is 0 Å². The SMILES string of the molecule is CCc1cc(CCl)cc(N(CC)c2ccc(C)cc2)n1. The molecule has 0 saturated heterocycles. The second-order valence-corrected chi connectivity index (χ2v) is 5.16. The number of nitrogens with zero attached hydrogens (tertiary/aromatic N) is 2. The zero-order valence-electron chi connectivity index (χ0n) is 12.4. The fourth-order valence-electron chi connectivity index (χ4n) is 2.23. The molecule has 1 heterocycles. The van der Waals surface area contributed by atoms with Crippen LogP contribution in [0, 0.1) is 6.92 Å². The highest BCUT2D eigenvalue weighted by molar-refractivity contribution is 6.17. The summed E-state index contributed by atoms with van der Waals surface area (Å²) in [7, 11) is 0. The largest absolute Gasteiger partial charge is 0.327 e. The third kappa shape index (κ3) is 3.31. The van der Waals surface area contributed by atoms with Crippen LogP contribution in [0.2, 0.25) is 0 Å². The minimum Gasteiger partial charge on any atom is -0.327 e. The van der Waals surface area contributed by atoms with Crippen LogP contribution in [0.5, 0.6) is 0 Å². The molecule has 2 aromatic rings. The number of anilines is 2. The monoisotopic (exact) mass is 288 g/mol. The van der Waals surface area contributed by atoms with Crippen molar-refractivity contribution in [3.63, 3.8) is 0 Å². The van der Waals surface area contributed by atoms with E-state index < -0.39 is 0 Å². The Balaban J connectivity index is 2.42. The Labute approximate surface area is 126 Å². The van der Waals surface area contributed by atoms with Gasteiger partial charge in [0.05, 0.1) is 0 Å². The number of aromatic nitrogens is 1. The molecule has 0 unspecified atom stereocenters. The Bertz CT molecular complexity index is 541. The summed E-state index contributed by atoms with van der Waals surface area (Å²) >= 11 is 6.00. The second-order valence-electron chi connectivity index (χ2n) is 4.89. The third-order valence-corrected chi connectivity index (χ3v) is 3.69. The van der Waals surface area contributed by atoms with E-state index >= 15 is 0 Å². The number of rotatable bonds is 5. The number of benzene rings is 1. The highest BCUT2D eigenvalue weighted by Gasteiger charge is 2.10. The zero-order valence-corrected chi connectivity index (χ0v) is 13.1. The molecule has 0 atom stereocenters. The average Bonchev–Trinajstić information content (AvgIpc) is 2.49. The summed E-state index contributed by atoms with van der Waals surface area (Å²) in [5.41, 5.74) is 4.64. The van der Waals surface area contributed by atoms with Gasteiger partial charge in [-0.05, 0) is 50.1 Å². The third-order valence-electron chi connectivity index (χ3n) is 3.38. The van der Waals surface area contributed by atoms with Crippen molar-refractivity contribution in [2.24, 2.45) is 0 Å². The Morgan fingerprint density at radius 3 is 2.35 bits per heavy atom. The average molecular weight is 289 g/mol. The van der Waals surface area contributed by atoms with Gasteiger partial charge in [-0.1, -0.05) is 24.6 Å². The molecule has 0 bridgehead atoms. The van der Waals surface area contributed by atoms with Gasteiger partial charge in [0.25, 0.3) is 0 Å². The molecule has 0 saturated carbocycles. The summed E-state index contributed by atoms with van der Waals surface area (Å²) in [5.74, 6) is 1.50. The van der Waals surface area contributed by atoms with Crippen molar-refractivity contribution in [1.29, 1.82) is 0 Å². The molecule has 0 aliphatic carbocycles. The first-order valence-corrected chi connectivity index (χ1v) is 7.61. The number of hydrogen-bond donors (Lipinski definition) is 0. The first-order chi connectivity index (χ1) is 9.67. The van der Waals surface area contributed by atoms with Gasteiger partial charge in [-0.3, -0.25) is 0 Å². The fraction of sp³-hybridized carbons (Fsp3) is 0.353. The number of alkyl halides is 1. The molecule has 2 rings (SSSR count). The summed E-state index contributed by atoms with van der Waals surface area (Å²) in [6.45, 7) is 7.24. The van der Waals surface area contributed by atoms with E-state index in [2.05, 4.69) is 62.1 Å². The molecule has 0 amide bonds. The normalized spacial score (nSPS) is 10.6. The first-order valence-electron chi connectivity index (χ1n) is 7.08. The van der Waals surface area contributed by atoms with Crippen molar-refractivity contribution in [2.75, 3.05) is 11.4 Å². The minimum absolute atomic E-state index is 0.522. The van der Waals surface area contributed by atoms with Crippen molar-refractivity contribution in [1.82, 2.24) is 4.98 Å². The van der Waals surface area contributed by atoms with Crippen LogP contribution in [-0.4, -0.2) is 11.5 Å². The standard InChI is InChI=1S/C17H21ClN2/c1-4-15-10-14(12-18)11-17(19-15)20(5-2)16-8-6-13(3)7-9-16/h6-11H,4-5,12H2,1-3H3. The summed E-state index contributed by atoms with van der Waals surface area (Å²) in [6.07, 6.45) is 0.920. The van der Waals surface area contributed by atoms with E-state index in [0.29, 0.717) is 5.88 Å². The molecule has 0 spiro atoms. The van der Waals surface area contributed by atoms with Crippen molar-refractivity contribution in [2.45, 2.75) is 33.1 Å². The van der Waals surface area contributed by atoms with Crippen molar-refractivity contribution >= 4 is 23.1 Å². The molecule has 0 radical (unpaired) electrons. The maximum Gasteiger partial charge on any atom is 0.133 e. The number of hydrogen-bond acceptors (Lipinski definition) is 2. The predicted octanol–water partition coefficient (Wildman–Crippen LogP) is 4.85. The highest BCUT2D eigenvalue weighted by Crippen LogP contribution is 2.25. The Morgan fingerprint density at radius 1 is 1.10 bits per heavy atom. The lowest BCUT2D eigenvalue weighted by molar-refractivity contribution is 0.948. The van der Waals surface area contributed by atoms with E-state index in [1.54, 1.807) is 0 Å². The maximum atomic E-state index is 6.00. The van der Waals surface area contributed by atoms with Crippen LogP contribution >= 0.6 is 11.6 Å². The van der Waals surface area contributed by atoms with E-state index in [1.807, 2.05) is 0 Å². The lowest BCUT2D eigenvalue weighted by Crippen LogP contribution is -2.18. The van der Waals surface area contributed by atoms with Gasteiger partial charge in [-0.25, -0.2) is 4.98 Å². The number of aryl methyl sites for hydroxylation is 2. The van der Waals surface area contributed by atoms with Crippen molar-refractivity contribution in [3.8, 4) is 0 Å². The van der Waals surface area contributed by atoms with E-state index in [4.69, 9.17) is 16.6 Å². The van der Waals surface area contributed by atoms with Crippen molar-refractivity contribution in [3.05, 3.63) is 53.2 Å². The zero-order chi connectivity index (χ0) is 14.5. The molecule has 20 heavy (non-hydrogen) atoms. The van der Waals surface area contributed by atoms with Gasteiger partial charge in [0.1, 0.15) is 5.82 Å². The maximum absolute atomic E-state index is 6.00. The Kier molecular flexibility index (Phi) is 5.02. The topological polar surface area (TPSA) is 16.1 Å². The minimum atomic E-state index is 0.522. The van der Waals surface area contributed by atoms with Gasteiger partial charge in [0.15, 0.2) is 0 Å². The van der Waals surface area contributed by atoms with Crippen LogP contribution in [-0.2, 0) is 12.3 Å². The summed E-state index contributed by atoms with van der Waals surface area (Å²) in [6, 6.07) is 12.7. The molecule has 0 aliphatic rings. The molecule has 1 aromatic carbocycles. The van der Waals surface area contributed by atoms with E-state index in [1.165, 1.54) is 11.3 Å². The molecule has 106 valence electrons. The lowest BCUT2D eigenvalue weighted by Gasteiger charge is -2.23. The summed E-state index contributed by atoms with van der Waals surface area (Å²) in [5, 5.41) is 0. The number of pyridine rings is 1. The number of halogens is 1. The van der Waals surface area contributed by atoms with Crippen LogP contribution < -0.4 is 4.90 Å². The Morgan fingerprint density at radius 2 is 1.80 bits per heavy atom. The van der Waals surface area contributed by atoms with Crippen LogP contribution in [0.1, 0.15) is 30.7 Å². The van der Waals surface area contributed by atoms with Gasteiger partial charge in [0, 0.05) is 23.8 Å². The van der Waals surface area contributed by atoms with Crippen LogP contribution in [0.4, 0.5) is 11.5 Å². The molecular weight excluding hydrogens is 268 g/mol. The molecule has 3 heteroatoms. The molecule has 1 aromatic heterocycles. The van der Waals surface area contributed by atoms with Gasteiger partial charge < -0.3 is 4.90 Å².